The maximum atomic E-state index is 11.6. The van der Waals surface area contributed by atoms with Crippen LogP contribution in [0.1, 0.15) is 5.56 Å². The lowest BCUT2D eigenvalue weighted by Crippen LogP contribution is -2.24. The van der Waals surface area contributed by atoms with E-state index in [1.165, 1.54) is 18.3 Å². The van der Waals surface area contributed by atoms with Crippen LogP contribution in [0.15, 0.2) is 47.6 Å². The molecule has 0 fully saturated rings. The van der Waals surface area contributed by atoms with E-state index in [1.807, 2.05) is 0 Å². The molecule has 0 bridgehead atoms. The van der Waals surface area contributed by atoms with Gasteiger partial charge in [-0.3, -0.25) is 4.79 Å². The third-order valence-corrected chi connectivity index (χ3v) is 3.37. The topological polar surface area (TPSA) is 70.9 Å². The van der Waals surface area contributed by atoms with Crippen molar-refractivity contribution in [3.05, 3.63) is 58.1 Å². The summed E-state index contributed by atoms with van der Waals surface area (Å²) in [6.07, 6.45) is 1.45. The minimum atomic E-state index is -0.439. The molecule has 0 spiro atoms. The zero-order valence-electron chi connectivity index (χ0n) is 11.3. The molecule has 0 aliphatic heterocycles. The lowest BCUT2D eigenvalue weighted by Gasteiger charge is -2.07. The van der Waals surface area contributed by atoms with E-state index in [1.54, 1.807) is 30.3 Å². The first-order valence-corrected chi connectivity index (χ1v) is 6.99. The minimum absolute atomic E-state index is 0.160. The summed E-state index contributed by atoms with van der Waals surface area (Å²) in [6, 6.07) is 11.3. The Morgan fingerprint density at radius 2 is 1.95 bits per heavy atom. The first-order chi connectivity index (χ1) is 10.6. The second-order valence-electron chi connectivity index (χ2n) is 4.23. The molecule has 0 saturated heterocycles. The number of amides is 1. The molecule has 1 amide bonds. The number of nitrogens with zero attached hydrogens (tertiary/aromatic N) is 1. The molecule has 2 aromatic rings. The molecule has 0 saturated carbocycles. The molecule has 0 aliphatic carbocycles. The van der Waals surface area contributed by atoms with E-state index in [0.717, 1.165) is 5.56 Å². The van der Waals surface area contributed by atoms with Crippen molar-refractivity contribution in [2.75, 3.05) is 6.61 Å². The number of phenolic OH excluding ortho intramolecular Hbond substituents is 1. The molecular weight excluding hydrogens is 327 g/mol. The minimum Gasteiger partial charge on any atom is -0.508 e. The Balaban J connectivity index is 1.83. The molecule has 0 atom stereocenters. The Morgan fingerprint density at radius 3 is 2.68 bits per heavy atom. The quantitative estimate of drug-likeness (QED) is 0.649. The fraction of sp³-hybridized carbons (Fsp3) is 0.0667. The van der Waals surface area contributed by atoms with Gasteiger partial charge in [0, 0.05) is 0 Å². The Hall–Kier alpha value is -2.24. The van der Waals surface area contributed by atoms with Crippen LogP contribution >= 0.6 is 23.2 Å². The fourth-order valence-electron chi connectivity index (χ4n) is 1.51. The third-order valence-electron chi connectivity index (χ3n) is 2.57. The van der Waals surface area contributed by atoms with Crippen LogP contribution in [0.4, 0.5) is 0 Å². The summed E-state index contributed by atoms with van der Waals surface area (Å²) in [5.41, 5.74) is 3.05. The lowest BCUT2D eigenvalue weighted by molar-refractivity contribution is -0.123. The van der Waals surface area contributed by atoms with Gasteiger partial charge in [-0.15, -0.1) is 0 Å². The molecule has 0 aromatic heterocycles. The van der Waals surface area contributed by atoms with Crippen LogP contribution in [-0.2, 0) is 4.79 Å². The molecule has 0 heterocycles. The molecule has 0 aliphatic rings. The monoisotopic (exact) mass is 338 g/mol. The number of hydrogen-bond acceptors (Lipinski definition) is 4. The van der Waals surface area contributed by atoms with Crippen molar-refractivity contribution >= 4 is 35.3 Å². The highest BCUT2D eigenvalue weighted by atomic mass is 35.5. The van der Waals surface area contributed by atoms with E-state index >= 15 is 0 Å². The van der Waals surface area contributed by atoms with Crippen molar-refractivity contribution in [1.29, 1.82) is 0 Å². The van der Waals surface area contributed by atoms with Crippen LogP contribution in [0.2, 0.25) is 10.0 Å². The number of nitrogens with one attached hydrogen (secondary N) is 1. The van der Waals surface area contributed by atoms with Crippen molar-refractivity contribution in [1.82, 2.24) is 5.43 Å². The van der Waals surface area contributed by atoms with Crippen LogP contribution in [0, 0.1) is 0 Å². The van der Waals surface area contributed by atoms with Gasteiger partial charge in [-0.05, 0) is 42.0 Å². The van der Waals surface area contributed by atoms with Gasteiger partial charge >= 0.3 is 0 Å². The Morgan fingerprint density at radius 1 is 1.23 bits per heavy atom. The lowest BCUT2D eigenvalue weighted by atomic mass is 10.2. The molecule has 0 unspecified atom stereocenters. The largest absolute Gasteiger partial charge is 0.508 e. The first kappa shape index (κ1) is 16.1. The maximum Gasteiger partial charge on any atom is 0.277 e. The predicted octanol–water partition coefficient (Wildman–Crippen LogP) is 3.23. The third kappa shape index (κ3) is 4.65. The number of aromatic hydroxyl groups is 1. The van der Waals surface area contributed by atoms with E-state index in [9.17, 15) is 4.79 Å². The highest BCUT2D eigenvalue weighted by Gasteiger charge is 2.07. The van der Waals surface area contributed by atoms with Gasteiger partial charge in [0.25, 0.3) is 5.91 Å². The van der Waals surface area contributed by atoms with Gasteiger partial charge in [-0.25, -0.2) is 5.43 Å². The molecule has 2 aromatic carbocycles. The van der Waals surface area contributed by atoms with Crippen LogP contribution in [-0.4, -0.2) is 23.8 Å². The summed E-state index contributed by atoms with van der Waals surface area (Å²) in [4.78, 5) is 11.6. The SMILES string of the molecule is O=C(COc1cccc(Cl)c1Cl)N/N=C\c1ccc(O)cc1. The number of hydrogen-bond donors (Lipinski definition) is 2. The smallest absolute Gasteiger partial charge is 0.277 e. The standard InChI is InChI=1S/C15H12Cl2N2O3/c16-12-2-1-3-13(15(12)17)22-9-14(21)19-18-8-10-4-6-11(20)7-5-10/h1-8,20H,9H2,(H,19,21)/b18-8-. The van der Waals surface area contributed by atoms with Crippen molar-refractivity contribution in [3.63, 3.8) is 0 Å². The van der Waals surface area contributed by atoms with Gasteiger partial charge in [-0.1, -0.05) is 29.3 Å². The first-order valence-electron chi connectivity index (χ1n) is 6.24. The summed E-state index contributed by atoms with van der Waals surface area (Å²) in [5.74, 6) is 0.0471. The van der Waals surface area contributed by atoms with Gasteiger partial charge < -0.3 is 9.84 Å². The van der Waals surface area contributed by atoms with Crippen molar-refractivity contribution < 1.29 is 14.6 Å². The Kier molecular flexibility index (Phi) is 5.63. The number of carbonyl (C=O) groups excluding carboxylic acids is 1. The van der Waals surface area contributed by atoms with Crippen LogP contribution in [0.3, 0.4) is 0 Å². The van der Waals surface area contributed by atoms with Crippen LogP contribution in [0.5, 0.6) is 11.5 Å². The number of carbonyl (C=O) groups is 1. The van der Waals surface area contributed by atoms with Gasteiger partial charge in [0.05, 0.1) is 11.2 Å². The summed E-state index contributed by atoms with van der Waals surface area (Å²) in [7, 11) is 0. The second kappa shape index (κ2) is 7.68. The van der Waals surface area contributed by atoms with Gasteiger partial charge in [0.1, 0.15) is 16.5 Å². The molecule has 0 radical (unpaired) electrons. The highest BCUT2D eigenvalue weighted by molar-refractivity contribution is 6.42. The molecule has 5 nitrogen and oxygen atoms in total. The van der Waals surface area contributed by atoms with Gasteiger partial charge in [0.15, 0.2) is 6.61 Å². The number of phenols is 1. The average Bonchev–Trinajstić information content (AvgIpc) is 2.51. The van der Waals surface area contributed by atoms with E-state index in [-0.39, 0.29) is 17.4 Å². The van der Waals surface area contributed by atoms with Crippen LogP contribution in [0.25, 0.3) is 0 Å². The molecular formula is C15H12Cl2N2O3. The zero-order chi connectivity index (χ0) is 15.9. The summed E-state index contributed by atoms with van der Waals surface area (Å²) in [6.45, 7) is -0.243. The fourth-order valence-corrected chi connectivity index (χ4v) is 1.86. The maximum absolute atomic E-state index is 11.6. The number of benzene rings is 2. The van der Waals surface area contributed by atoms with Crippen molar-refractivity contribution in [3.8, 4) is 11.5 Å². The summed E-state index contributed by atoms with van der Waals surface area (Å²) < 4.78 is 5.26. The highest BCUT2D eigenvalue weighted by Crippen LogP contribution is 2.31. The van der Waals surface area contributed by atoms with Crippen molar-refractivity contribution in [2.45, 2.75) is 0 Å². The zero-order valence-corrected chi connectivity index (χ0v) is 12.8. The summed E-state index contributed by atoms with van der Waals surface area (Å²) >= 11 is 11.8. The van der Waals surface area contributed by atoms with E-state index in [0.29, 0.717) is 10.8 Å². The molecule has 22 heavy (non-hydrogen) atoms. The van der Waals surface area contributed by atoms with Gasteiger partial charge in [-0.2, -0.15) is 5.10 Å². The number of rotatable bonds is 5. The Labute approximate surface area is 137 Å². The Bertz CT molecular complexity index is 688. The average molecular weight is 339 g/mol. The number of ether oxygens (including phenoxy) is 1. The number of halogens is 2. The molecule has 2 N–H and O–H groups in total. The van der Waals surface area contributed by atoms with E-state index in [4.69, 9.17) is 33.0 Å². The predicted molar refractivity (Wildman–Crippen MR) is 85.8 cm³/mol. The van der Waals surface area contributed by atoms with E-state index < -0.39 is 5.91 Å². The second-order valence-corrected chi connectivity index (χ2v) is 5.01. The molecule has 7 heteroatoms. The summed E-state index contributed by atoms with van der Waals surface area (Å²) in [5, 5.41) is 13.5. The van der Waals surface area contributed by atoms with E-state index in [2.05, 4.69) is 10.5 Å². The van der Waals surface area contributed by atoms with Crippen molar-refractivity contribution in [2.24, 2.45) is 5.10 Å². The molecule has 2 rings (SSSR count). The molecule has 114 valence electrons. The normalized spacial score (nSPS) is 10.6. The van der Waals surface area contributed by atoms with Crippen LogP contribution < -0.4 is 10.2 Å². The van der Waals surface area contributed by atoms with Gasteiger partial charge in [0.2, 0.25) is 0 Å². The number of hydrazone groups is 1.